The van der Waals surface area contributed by atoms with Crippen LogP contribution in [-0.4, -0.2) is 54.0 Å². The molecule has 7 nitrogen and oxygen atoms in total. The molecule has 1 fully saturated rings. The second-order valence-corrected chi connectivity index (χ2v) is 5.32. The van der Waals surface area contributed by atoms with Gasteiger partial charge in [0.15, 0.2) is 0 Å². The summed E-state index contributed by atoms with van der Waals surface area (Å²) in [5.41, 5.74) is 0.907. The Morgan fingerprint density at radius 2 is 2.09 bits per heavy atom. The van der Waals surface area contributed by atoms with Crippen molar-refractivity contribution >= 4 is 12.2 Å². The molecular formula is C16H22N2O5. The summed E-state index contributed by atoms with van der Waals surface area (Å²) < 4.78 is 10.8. The fraction of sp³-hybridized carbons (Fsp3) is 0.500. The summed E-state index contributed by atoms with van der Waals surface area (Å²) >= 11 is 0. The number of ether oxygens (including phenoxy) is 2. The van der Waals surface area contributed by atoms with Crippen molar-refractivity contribution in [3.8, 4) is 0 Å². The van der Waals surface area contributed by atoms with Crippen molar-refractivity contribution in [3.63, 3.8) is 0 Å². The summed E-state index contributed by atoms with van der Waals surface area (Å²) in [5, 5.41) is 11.8. The normalized spacial score (nSPS) is 20.8. The van der Waals surface area contributed by atoms with E-state index in [1.165, 1.54) is 4.90 Å². The lowest BCUT2D eigenvalue weighted by Crippen LogP contribution is -2.56. The topological polar surface area (TPSA) is 88.1 Å². The molecular weight excluding hydrogens is 300 g/mol. The Morgan fingerprint density at radius 1 is 1.35 bits per heavy atom. The van der Waals surface area contributed by atoms with Crippen LogP contribution in [0.1, 0.15) is 18.9 Å². The van der Waals surface area contributed by atoms with Crippen molar-refractivity contribution in [2.75, 3.05) is 19.7 Å². The minimum Gasteiger partial charge on any atom is -0.465 e. The summed E-state index contributed by atoms with van der Waals surface area (Å²) in [4.78, 5) is 24.3. The average Bonchev–Trinajstić information content (AvgIpc) is 2.55. The van der Waals surface area contributed by atoms with E-state index in [1.807, 2.05) is 37.3 Å². The Kier molecular flexibility index (Phi) is 6.22. The highest BCUT2D eigenvalue weighted by Crippen LogP contribution is 2.15. The molecule has 2 N–H and O–H groups in total. The van der Waals surface area contributed by atoms with Crippen LogP contribution in [0.4, 0.5) is 9.59 Å². The third kappa shape index (κ3) is 5.14. The van der Waals surface area contributed by atoms with Crippen molar-refractivity contribution in [2.45, 2.75) is 32.1 Å². The first-order valence-electron chi connectivity index (χ1n) is 7.66. The van der Waals surface area contributed by atoms with Gasteiger partial charge in [0, 0.05) is 13.2 Å². The van der Waals surface area contributed by atoms with Crippen LogP contribution >= 0.6 is 0 Å². The van der Waals surface area contributed by atoms with E-state index in [4.69, 9.17) is 14.6 Å². The fourth-order valence-corrected chi connectivity index (χ4v) is 2.55. The van der Waals surface area contributed by atoms with Crippen LogP contribution in [0.15, 0.2) is 30.3 Å². The van der Waals surface area contributed by atoms with Gasteiger partial charge in [-0.15, -0.1) is 0 Å². The second-order valence-electron chi connectivity index (χ2n) is 5.32. The van der Waals surface area contributed by atoms with Gasteiger partial charge in [-0.2, -0.15) is 0 Å². The van der Waals surface area contributed by atoms with E-state index < -0.39 is 12.2 Å². The number of benzene rings is 1. The average molecular weight is 322 g/mol. The third-order valence-corrected chi connectivity index (χ3v) is 3.73. The molecule has 1 aromatic rings. The molecule has 0 radical (unpaired) electrons. The maximum atomic E-state index is 11.9. The molecule has 2 atom stereocenters. The Labute approximate surface area is 135 Å². The van der Waals surface area contributed by atoms with Gasteiger partial charge in [-0.05, 0) is 18.9 Å². The molecule has 2 rings (SSSR count). The molecule has 0 bridgehead atoms. The van der Waals surface area contributed by atoms with Gasteiger partial charge in [0.2, 0.25) is 0 Å². The first-order chi connectivity index (χ1) is 11.1. The number of amides is 2. The summed E-state index contributed by atoms with van der Waals surface area (Å²) in [6.07, 6.45) is -1.36. The molecule has 1 aromatic carbocycles. The highest BCUT2D eigenvalue weighted by molar-refractivity contribution is 5.68. The van der Waals surface area contributed by atoms with Crippen LogP contribution in [0.25, 0.3) is 0 Å². The zero-order valence-electron chi connectivity index (χ0n) is 13.1. The smallest absolute Gasteiger partial charge is 0.407 e. The highest BCUT2D eigenvalue weighted by atomic mass is 16.5. The lowest BCUT2D eigenvalue weighted by Gasteiger charge is -2.36. The number of likely N-dealkylation sites (tertiary alicyclic amines) is 1. The molecule has 1 saturated heterocycles. The molecule has 0 saturated carbocycles. The van der Waals surface area contributed by atoms with E-state index in [0.29, 0.717) is 19.6 Å². The number of hydrogen-bond donors (Lipinski definition) is 2. The van der Waals surface area contributed by atoms with Crippen LogP contribution < -0.4 is 5.32 Å². The minimum atomic E-state index is -0.972. The van der Waals surface area contributed by atoms with Crippen LogP contribution in [0, 0.1) is 0 Å². The molecule has 7 heteroatoms. The van der Waals surface area contributed by atoms with Gasteiger partial charge in [0.05, 0.1) is 18.7 Å². The van der Waals surface area contributed by atoms with Crippen LogP contribution in [0.3, 0.4) is 0 Å². The lowest BCUT2D eigenvalue weighted by molar-refractivity contribution is -0.0125. The largest absolute Gasteiger partial charge is 0.465 e. The van der Waals surface area contributed by atoms with E-state index in [2.05, 4.69) is 5.32 Å². The second kappa shape index (κ2) is 8.38. The number of carbonyl (C=O) groups is 2. The van der Waals surface area contributed by atoms with Crippen LogP contribution in [-0.2, 0) is 16.1 Å². The van der Waals surface area contributed by atoms with Crippen molar-refractivity contribution in [1.82, 2.24) is 10.2 Å². The Hall–Kier alpha value is -2.28. The number of rotatable bonds is 5. The Balaban J connectivity index is 1.84. The summed E-state index contributed by atoms with van der Waals surface area (Å²) in [5.74, 6) is 0. The SMILES string of the molecule is CCOC1CN(C(=O)O)CCC1NC(=O)OCc1ccccc1. The number of piperidine rings is 1. The van der Waals surface area contributed by atoms with Crippen molar-refractivity contribution in [3.05, 3.63) is 35.9 Å². The van der Waals surface area contributed by atoms with Crippen LogP contribution in [0.2, 0.25) is 0 Å². The molecule has 1 aliphatic heterocycles. The Morgan fingerprint density at radius 3 is 2.74 bits per heavy atom. The van der Waals surface area contributed by atoms with E-state index in [-0.39, 0.29) is 25.3 Å². The predicted octanol–water partition coefficient (Wildman–Crippen LogP) is 2.07. The molecule has 1 aliphatic rings. The quantitative estimate of drug-likeness (QED) is 0.866. The van der Waals surface area contributed by atoms with Crippen molar-refractivity contribution in [1.29, 1.82) is 0 Å². The van der Waals surface area contributed by atoms with E-state index >= 15 is 0 Å². The summed E-state index contributed by atoms with van der Waals surface area (Å²) in [7, 11) is 0. The third-order valence-electron chi connectivity index (χ3n) is 3.73. The number of hydrogen-bond acceptors (Lipinski definition) is 4. The number of alkyl carbamates (subject to hydrolysis) is 1. The molecule has 1 heterocycles. The first-order valence-corrected chi connectivity index (χ1v) is 7.66. The summed E-state index contributed by atoms with van der Waals surface area (Å²) in [6, 6.07) is 9.15. The number of nitrogens with one attached hydrogen (secondary N) is 1. The van der Waals surface area contributed by atoms with Gasteiger partial charge in [0.25, 0.3) is 0 Å². The van der Waals surface area contributed by atoms with E-state index in [1.54, 1.807) is 0 Å². The predicted molar refractivity (Wildman–Crippen MR) is 83.2 cm³/mol. The zero-order chi connectivity index (χ0) is 16.7. The van der Waals surface area contributed by atoms with Gasteiger partial charge in [-0.1, -0.05) is 30.3 Å². The van der Waals surface area contributed by atoms with Crippen LogP contribution in [0.5, 0.6) is 0 Å². The maximum Gasteiger partial charge on any atom is 0.407 e. The zero-order valence-corrected chi connectivity index (χ0v) is 13.1. The Bertz CT molecular complexity index is 522. The summed E-state index contributed by atoms with van der Waals surface area (Å²) in [6.45, 7) is 3.09. The first kappa shape index (κ1) is 17.1. The van der Waals surface area contributed by atoms with Gasteiger partial charge in [-0.3, -0.25) is 0 Å². The lowest BCUT2D eigenvalue weighted by atomic mass is 10.0. The fourth-order valence-electron chi connectivity index (χ4n) is 2.55. The molecule has 0 aromatic heterocycles. The van der Waals surface area contributed by atoms with Crippen molar-refractivity contribution < 1.29 is 24.2 Å². The molecule has 126 valence electrons. The van der Waals surface area contributed by atoms with Crippen molar-refractivity contribution in [2.24, 2.45) is 0 Å². The molecule has 0 spiro atoms. The van der Waals surface area contributed by atoms with Gasteiger partial charge >= 0.3 is 12.2 Å². The van der Waals surface area contributed by atoms with E-state index in [0.717, 1.165) is 5.56 Å². The molecule has 23 heavy (non-hydrogen) atoms. The van der Waals surface area contributed by atoms with Gasteiger partial charge in [-0.25, -0.2) is 9.59 Å². The van der Waals surface area contributed by atoms with Gasteiger partial charge in [0.1, 0.15) is 6.61 Å². The monoisotopic (exact) mass is 322 g/mol. The number of carboxylic acid groups (broad SMARTS) is 1. The molecule has 2 unspecified atom stereocenters. The number of nitrogens with zero attached hydrogens (tertiary/aromatic N) is 1. The van der Waals surface area contributed by atoms with E-state index in [9.17, 15) is 9.59 Å². The molecule has 2 amide bonds. The number of carbonyl (C=O) groups excluding carboxylic acids is 1. The maximum absolute atomic E-state index is 11.9. The minimum absolute atomic E-state index is 0.194. The standard InChI is InChI=1S/C16H22N2O5/c1-2-22-14-10-18(16(20)21)9-8-13(14)17-15(19)23-11-12-6-4-3-5-7-12/h3-7,13-14H,2,8-11H2,1H3,(H,17,19)(H,20,21). The van der Waals surface area contributed by atoms with Gasteiger partial charge < -0.3 is 24.8 Å². The highest BCUT2D eigenvalue weighted by Gasteiger charge is 2.33. The molecule has 0 aliphatic carbocycles.